The van der Waals surface area contributed by atoms with Gasteiger partial charge in [-0.1, -0.05) is 39.8 Å². The highest BCUT2D eigenvalue weighted by Crippen LogP contribution is 2.25. The van der Waals surface area contributed by atoms with E-state index < -0.39 is 9.84 Å². The maximum Gasteiger partial charge on any atom is 0.180 e. The highest BCUT2D eigenvalue weighted by atomic mass is 32.2. The van der Waals surface area contributed by atoms with Crippen LogP contribution in [0.15, 0.2) is 29.2 Å². The topological polar surface area (TPSA) is 34.1 Å². The largest absolute Gasteiger partial charge is 0.223 e. The molecule has 0 heterocycles. The second kappa shape index (κ2) is 4.81. The van der Waals surface area contributed by atoms with E-state index >= 15 is 0 Å². The molecular formula is C14H22O2S. The fourth-order valence-electron chi connectivity index (χ4n) is 1.60. The Morgan fingerprint density at radius 3 is 1.94 bits per heavy atom. The number of sulfone groups is 1. The Bertz CT molecular complexity index is 464. The molecule has 0 aliphatic heterocycles. The Morgan fingerprint density at radius 2 is 1.59 bits per heavy atom. The van der Waals surface area contributed by atoms with Gasteiger partial charge in [-0.05, 0) is 36.5 Å². The molecule has 0 saturated carbocycles. The molecule has 0 N–H and O–H groups in total. The summed E-state index contributed by atoms with van der Waals surface area (Å²) < 4.78 is 24.2. The van der Waals surface area contributed by atoms with Gasteiger partial charge in [0.25, 0.3) is 0 Å². The second-order valence-electron chi connectivity index (χ2n) is 5.54. The van der Waals surface area contributed by atoms with Gasteiger partial charge in [-0.3, -0.25) is 0 Å². The fraction of sp³-hybridized carbons (Fsp3) is 0.571. The summed E-state index contributed by atoms with van der Waals surface area (Å²) in [6.07, 6.45) is 0.642. The normalized spacial score (nSPS) is 14.6. The maximum absolute atomic E-state index is 12.1. The molecule has 0 aromatic heterocycles. The van der Waals surface area contributed by atoms with Gasteiger partial charge < -0.3 is 0 Å². The minimum Gasteiger partial charge on any atom is -0.223 e. The average Bonchev–Trinajstić information content (AvgIpc) is 2.27. The first-order valence-electron chi connectivity index (χ1n) is 6.04. The van der Waals surface area contributed by atoms with E-state index in [9.17, 15) is 8.42 Å². The summed E-state index contributed by atoms with van der Waals surface area (Å²) in [6.45, 7) is 10.0. The molecule has 1 unspecified atom stereocenters. The van der Waals surface area contributed by atoms with Crippen molar-refractivity contribution in [2.24, 2.45) is 0 Å². The predicted octanol–water partition coefficient (Wildman–Crippen LogP) is 3.56. The van der Waals surface area contributed by atoms with E-state index in [-0.39, 0.29) is 10.7 Å². The molecule has 0 fully saturated rings. The fourth-order valence-corrected chi connectivity index (χ4v) is 3.02. The molecule has 1 aromatic carbocycles. The summed E-state index contributed by atoms with van der Waals surface area (Å²) in [7, 11) is -3.15. The van der Waals surface area contributed by atoms with Crippen molar-refractivity contribution >= 4 is 9.84 Å². The molecule has 17 heavy (non-hydrogen) atoms. The number of hydrogen-bond acceptors (Lipinski definition) is 2. The summed E-state index contributed by atoms with van der Waals surface area (Å²) >= 11 is 0. The molecule has 3 heteroatoms. The summed E-state index contributed by atoms with van der Waals surface area (Å²) in [5.41, 5.74) is 1.21. The van der Waals surface area contributed by atoms with Crippen molar-refractivity contribution in [3.63, 3.8) is 0 Å². The molecule has 0 aliphatic rings. The van der Waals surface area contributed by atoms with Crippen molar-refractivity contribution in [3.8, 4) is 0 Å². The zero-order valence-corrected chi connectivity index (χ0v) is 12.1. The first-order valence-corrected chi connectivity index (χ1v) is 7.58. The highest BCUT2D eigenvalue weighted by Gasteiger charge is 2.22. The number of rotatable bonds is 3. The summed E-state index contributed by atoms with van der Waals surface area (Å²) in [5, 5.41) is -0.317. The van der Waals surface area contributed by atoms with Crippen LogP contribution in [0.5, 0.6) is 0 Å². The monoisotopic (exact) mass is 254 g/mol. The van der Waals surface area contributed by atoms with Crippen LogP contribution in [0.4, 0.5) is 0 Å². The van der Waals surface area contributed by atoms with Crippen molar-refractivity contribution in [1.82, 2.24) is 0 Å². The van der Waals surface area contributed by atoms with Gasteiger partial charge in [-0.25, -0.2) is 8.42 Å². The molecule has 0 saturated heterocycles. The number of hydrogen-bond donors (Lipinski definition) is 0. The lowest BCUT2D eigenvalue weighted by Gasteiger charge is -2.19. The first-order chi connectivity index (χ1) is 7.69. The molecule has 0 radical (unpaired) electrons. The van der Waals surface area contributed by atoms with Gasteiger partial charge in [0, 0.05) is 0 Å². The zero-order chi connectivity index (χ0) is 13.3. The van der Waals surface area contributed by atoms with Crippen LogP contribution >= 0.6 is 0 Å². The van der Waals surface area contributed by atoms with Crippen LogP contribution in [0, 0.1) is 0 Å². The Kier molecular flexibility index (Phi) is 4.03. The SMILES string of the molecule is CCC(C)S(=O)(=O)c1ccc(C(C)(C)C)cc1. The average molecular weight is 254 g/mol. The minimum absolute atomic E-state index is 0.0542. The van der Waals surface area contributed by atoms with Gasteiger partial charge in [-0.2, -0.15) is 0 Å². The quantitative estimate of drug-likeness (QED) is 0.826. The van der Waals surface area contributed by atoms with Crippen molar-refractivity contribution in [2.75, 3.05) is 0 Å². The maximum atomic E-state index is 12.1. The van der Waals surface area contributed by atoms with Crippen LogP contribution in [0.3, 0.4) is 0 Å². The lowest BCUT2D eigenvalue weighted by Crippen LogP contribution is -2.17. The summed E-state index contributed by atoms with van der Waals surface area (Å²) in [4.78, 5) is 0.430. The second-order valence-corrected chi connectivity index (χ2v) is 7.90. The smallest absolute Gasteiger partial charge is 0.180 e. The van der Waals surface area contributed by atoms with E-state index in [1.165, 1.54) is 0 Å². The van der Waals surface area contributed by atoms with Crippen LogP contribution in [-0.4, -0.2) is 13.7 Å². The molecule has 0 aliphatic carbocycles. The van der Waals surface area contributed by atoms with Gasteiger partial charge >= 0.3 is 0 Å². The number of benzene rings is 1. The molecular weight excluding hydrogens is 232 g/mol. The van der Waals surface area contributed by atoms with Gasteiger partial charge in [0.2, 0.25) is 0 Å². The molecule has 1 aromatic rings. The van der Waals surface area contributed by atoms with Crippen molar-refractivity contribution in [3.05, 3.63) is 29.8 Å². The standard InChI is InChI=1S/C14H22O2S/c1-6-11(2)17(15,16)13-9-7-12(8-10-13)14(3,4)5/h7-11H,6H2,1-5H3. The third kappa shape index (κ3) is 3.09. The molecule has 0 amide bonds. The van der Waals surface area contributed by atoms with Gasteiger partial charge in [0.1, 0.15) is 0 Å². The lowest BCUT2D eigenvalue weighted by atomic mass is 9.87. The molecule has 0 spiro atoms. The van der Waals surface area contributed by atoms with Crippen molar-refractivity contribution < 1.29 is 8.42 Å². The molecule has 2 nitrogen and oxygen atoms in total. The van der Waals surface area contributed by atoms with Crippen molar-refractivity contribution in [1.29, 1.82) is 0 Å². The van der Waals surface area contributed by atoms with Crippen LogP contribution in [-0.2, 0) is 15.3 Å². The van der Waals surface area contributed by atoms with E-state index in [1.54, 1.807) is 19.1 Å². The first kappa shape index (κ1) is 14.2. The third-order valence-corrected chi connectivity index (χ3v) is 5.48. The van der Waals surface area contributed by atoms with E-state index in [4.69, 9.17) is 0 Å². The van der Waals surface area contributed by atoms with E-state index in [0.717, 1.165) is 5.56 Å². The highest BCUT2D eigenvalue weighted by molar-refractivity contribution is 7.92. The molecule has 1 rings (SSSR count). The van der Waals surface area contributed by atoms with E-state index in [2.05, 4.69) is 20.8 Å². The predicted molar refractivity (Wildman–Crippen MR) is 72.1 cm³/mol. The Hall–Kier alpha value is -0.830. The van der Waals surface area contributed by atoms with Crippen LogP contribution in [0.25, 0.3) is 0 Å². The molecule has 1 atom stereocenters. The van der Waals surface area contributed by atoms with Crippen LogP contribution in [0.1, 0.15) is 46.6 Å². The summed E-state index contributed by atoms with van der Waals surface area (Å²) in [6, 6.07) is 7.27. The molecule has 96 valence electrons. The summed E-state index contributed by atoms with van der Waals surface area (Å²) in [5.74, 6) is 0. The van der Waals surface area contributed by atoms with Crippen molar-refractivity contribution in [2.45, 2.75) is 56.6 Å². The van der Waals surface area contributed by atoms with E-state index in [1.807, 2.05) is 19.1 Å². The third-order valence-electron chi connectivity index (χ3n) is 3.15. The zero-order valence-electron chi connectivity index (χ0n) is 11.3. The van der Waals surface area contributed by atoms with Crippen LogP contribution < -0.4 is 0 Å². The Labute approximate surface area is 105 Å². The van der Waals surface area contributed by atoms with Crippen LogP contribution in [0.2, 0.25) is 0 Å². The minimum atomic E-state index is -3.15. The van der Waals surface area contributed by atoms with Gasteiger partial charge in [0.05, 0.1) is 10.1 Å². The lowest BCUT2D eigenvalue weighted by molar-refractivity contribution is 0.578. The molecule has 0 bridgehead atoms. The van der Waals surface area contributed by atoms with E-state index in [0.29, 0.717) is 11.3 Å². The van der Waals surface area contributed by atoms with Gasteiger partial charge in [-0.15, -0.1) is 0 Å². The Morgan fingerprint density at radius 1 is 1.12 bits per heavy atom. The van der Waals surface area contributed by atoms with Gasteiger partial charge in [0.15, 0.2) is 9.84 Å². The Balaban J connectivity index is 3.12.